The smallest absolute Gasteiger partial charge is 0.255 e. The maximum Gasteiger partial charge on any atom is 0.255 e. The van der Waals surface area contributed by atoms with E-state index in [1.165, 1.54) is 0 Å². The van der Waals surface area contributed by atoms with E-state index < -0.39 is 0 Å². The van der Waals surface area contributed by atoms with E-state index in [4.69, 9.17) is 14.2 Å². The Labute approximate surface area is 163 Å². The summed E-state index contributed by atoms with van der Waals surface area (Å²) in [5.74, 6) is 1.56. The number of rotatable bonds is 5. The average molecular weight is 382 g/mol. The van der Waals surface area contributed by atoms with E-state index in [1.807, 2.05) is 19.1 Å². The Bertz CT molecular complexity index is 898. The molecule has 146 valence electrons. The van der Waals surface area contributed by atoms with Crippen LogP contribution in [0.15, 0.2) is 42.5 Å². The predicted molar refractivity (Wildman–Crippen MR) is 103 cm³/mol. The van der Waals surface area contributed by atoms with Crippen LogP contribution in [-0.2, 0) is 4.79 Å². The lowest BCUT2D eigenvalue weighted by Gasteiger charge is -2.22. The second kappa shape index (κ2) is 7.80. The van der Waals surface area contributed by atoms with Gasteiger partial charge in [0.25, 0.3) is 5.91 Å². The van der Waals surface area contributed by atoms with Gasteiger partial charge in [0.2, 0.25) is 5.91 Å². The van der Waals surface area contributed by atoms with Gasteiger partial charge in [-0.2, -0.15) is 0 Å². The fraction of sp³-hybridized carbons (Fsp3) is 0.333. The summed E-state index contributed by atoms with van der Waals surface area (Å²) in [6.45, 7) is 3.76. The number of carbonyl (C=O) groups excluding carboxylic acids is 2. The summed E-state index contributed by atoms with van der Waals surface area (Å²) < 4.78 is 16.6. The van der Waals surface area contributed by atoms with E-state index in [1.54, 1.807) is 35.2 Å². The molecule has 0 aromatic heterocycles. The Kier molecular flexibility index (Phi) is 5.06. The molecule has 1 saturated heterocycles. The molecule has 2 amide bonds. The fourth-order valence-electron chi connectivity index (χ4n) is 3.45. The van der Waals surface area contributed by atoms with E-state index in [-0.39, 0.29) is 24.3 Å². The molecule has 4 rings (SSSR count). The highest BCUT2D eigenvalue weighted by atomic mass is 16.6. The zero-order valence-corrected chi connectivity index (χ0v) is 15.6. The van der Waals surface area contributed by atoms with Gasteiger partial charge in [0.1, 0.15) is 19.0 Å². The van der Waals surface area contributed by atoms with E-state index in [9.17, 15) is 9.59 Å². The van der Waals surface area contributed by atoms with Crippen molar-refractivity contribution in [2.75, 3.05) is 31.3 Å². The number of hydrogen-bond donors (Lipinski definition) is 1. The van der Waals surface area contributed by atoms with Gasteiger partial charge in [-0.05, 0) is 31.2 Å². The average Bonchev–Trinajstić information content (AvgIpc) is 3.08. The molecule has 0 bridgehead atoms. The van der Waals surface area contributed by atoms with E-state index >= 15 is 0 Å². The van der Waals surface area contributed by atoms with Crippen LogP contribution in [0.4, 0.5) is 5.69 Å². The van der Waals surface area contributed by atoms with Crippen LogP contribution in [0.25, 0.3) is 0 Å². The van der Waals surface area contributed by atoms with Crippen LogP contribution in [0.2, 0.25) is 0 Å². The Hall–Kier alpha value is -3.22. The minimum atomic E-state index is -0.275. The van der Waals surface area contributed by atoms with Crippen molar-refractivity contribution in [1.82, 2.24) is 5.32 Å². The van der Waals surface area contributed by atoms with Crippen LogP contribution in [0.1, 0.15) is 23.7 Å². The van der Waals surface area contributed by atoms with Crippen molar-refractivity contribution in [3.63, 3.8) is 0 Å². The first-order chi connectivity index (χ1) is 13.7. The molecule has 7 nitrogen and oxygen atoms in total. The Balaban J connectivity index is 1.46. The minimum absolute atomic E-state index is 0.0416. The molecular formula is C21H22N2O5. The molecule has 0 spiro atoms. The van der Waals surface area contributed by atoms with Crippen molar-refractivity contribution < 1.29 is 23.8 Å². The van der Waals surface area contributed by atoms with Crippen molar-refractivity contribution in [3.8, 4) is 17.2 Å². The summed E-state index contributed by atoms with van der Waals surface area (Å²) >= 11 is 0. The molecule has 7 heteroatoms. The normalized spacial score (nSPS) is 18.1. The molecule has 2 aromatic rings. The largest absolute Gasteiger partial charge is 0.493 e. The minimum Gasteiger partial charge on any atom is -0.493 e. The predicted octanol–water partition coefficient (Wildman–Crippen LogP) is 2.39. The Morgan fingerprint density at radius 1 is 1.18 bits per heavy atom. The van der Waals surface area contributed by atoms with Gasteiger partial charge in [0.15, 0.2) is 11.5 Å². The number of amides is 2. The Morgan fingerprint density at radius 3 is 2.79 bits per heavy atom. The standard InChI is InChI=1S/C21H22N2O5/c1-2-26-17-6-4-3-5-16(17)21(25)22-14-11-20(24)23(13-14)15-7-8-18-19(12-15)28-10-9-27-18/h3-8,12,14H,2,9-11,13H2,1H3,(H,22,25). The van der Waals surface area contributed by atoms with Crippen LogP contribution >= 0.6 is 0 Å². The number of hydrogen-bond acceptors (Lipinski definition) is 5. The molecule has 28 heavy (non-hydrogen) atoms. The number of ether oxygens (including phenoxy) is 3. The van der Waals surface area contributed by atoms with Crippen LogP contribution in [0, 0.1) is 0 Å². The first-order valence-corrected chi connectivity index (χ1v) is 9.38. The zero-order chi connectivity index (χ0) is 19.5. The molecule has 2 aliphatic heterocycles. The first kappa shape index (κ1) is 18.2. The highest BCUT2D eigenvalue weighted by Gasteiger charge is 2.32. The third-order valence-electron chi connectivity index (χ3n) is 4.73. The van der Waals surface area contributed by atoms with Crippen molar-refractivity contribution >= 4 is 17.5 Å². The lowest BCUT2D eigenvalue weighted by atomic mass is 10.1. The monoisotopic (exact) mass is 382 g/mol. The number of nitrogens with zero attached hydrogens (tertiary/aromatic N) is 1. The van der Waals surface area contributed by atoms with Crippen LogP contribution in [0.3, 0.4) is 0 Å². The lowest BCUT2D eigenvalue weighted by molar-refractivity contribution is -0.117. The maximum absolute atomic E-state index is 12.7. The summed E-state index contributed by atoms with van der Waals surface area (Å²) in [4.78, 5) is 26.9. The van der Waals surface area contributed by atoms with E-state index in [2.05, 4.69) is 5.32 Å². The number of nitrogens with one attached hydrogen (secondary N) is 1. The van der Waals surface area contributed by atoms with Gasteiger partial charge >= 0.3 is 0 Å². The fourth-order valence-corrected chi connectivity index (χ4v) is 3.45. The highest BCUT2D eigenvalue weighted by molar-refractivity contribution is 6.00. The highest BCUT2D eigenvalue weighted by Crippen LogP contribution is 2.35. The molecule has 2 aliphatic rings. The number of anilines is 1. The topological polar surface area (TPSA) is 77.1 Å². The summed E-state index contributed by atoms with van der Waals surface area (Å²) in [7, 11) is 0. The second-order valence-corrected chi connectivity index (χ2v) is 6.64. The molecule has 1 unspecified atom stereocenters. The quantitative estimate of drug-likeness (QED) is 0.859. The third-order valence-corrected chi connectivity index (χ3v) is 4.73. The SMILES string of the molecule is CCOc1ccccc1C(=O)NC1CC(=O)N(c2ccc3c(c2)OCCO3)C1. The van der Waals surface area contributed by atoms with Gasteiger partial charge in [-0.1, -0.05) is 12.1 Å². The van der Waals surface area contributed by atoms with Gasteiger partial charge in [-0.25, -0.2) is 0 Å². The molecule has 0 saturated carbocycles. The second-order valence-electron chi connectivity index (χ2n) is 6.64. The van der Waals surface area contributed by atoms with E-state index in [0.29, 0.717) is 49.2 Å². The van der Waals surface area contributed by atoms with Crippen LogP contribution < -0.4 is 24.4 Å². The van der Waals surface area contributed by atoms with E-state index in [0.717, 1.165) is 5.69 Å². The maximum atomic E-state index is 12.7. The number of benzene rings is 2. The Morgan fingerprint density at radius 2 is 1.96 bits per heavy atom. The summed E-state index contributed by atoms with van der Waals surface area (Å²) in [5, 5.41) is 2.95. The molecule has 2 heterocycles. The molecule has 0 radical (unpaired) electrons. The lowest BCUT2D eigenvalue weighted by Crippen LogP contribution is -2.37. The van der Waals surface area contributed by atoms with Crippen molar-refractivity contribution in [2.45, 2.75) is 19.4 Å². The number of fused-ring (bicyclic) bond motifs is 1. The van der Waals surface area contributed by atoms with Crippen molar-refractivity contribution in [1.29, 1.82) is 0 Å². The van der Waals surface area contributed by atoms with Crippen LogP contribution in [0.5, 0.6) is 17.2 Å². The first-order valence-electron chi connectivity index (χ1n) is 9.38. The summed E-state index contributed by atoms with van der Waals surface area (Å²) in [6.07, 6.45) is 0.247. The molecular weight excluding hydrogens is 360 g/mol. The van der Waals surface area contributed by atoms with Gasteiger partial charge in [0, 0.05) is 24.7 Å². The molecule has 1 N–H and O–H groups in total. The molecule has 0 aliphatic carbocycles. The number of para-hydroxylation sites is 1. The molecule has 1 atom stereocenters. The van der Waals surface area contributed by atoms with Gasteiger partial charge in [-0.15, -0.1) is 0 Å². The van der Waals surface area contributed by atoms with Gasteiger partial charge in [0.05, 0.1) is 18.2 Å². The number of carbonyl (C=O) groups is 2. The summed E-state index contributed by atoms with van der Waals surface area (Å²) in [5.41, 5.74) is 1.20. The summed E-state index contributed by atoms with van der Waals surface area (Å²) in [6, 6.07) is 12.3. The third kappa shape index (κ3) is 3.60. The van der Waals surface area contributed by atoms with Gasteiger partial charge in [-0.3, -0.25) is 9.59 Å². The van der Waals surface area contributed by atoms with Crippen molar-refractivity contribution in [3.05, 3.63) is 48.0 Å². The van der Waals surface area contributed by atoms with Crippen LogP contribution in [-0.4, -0.2) is 44.2 Å². The molecule has 2 aromatic carbocycles. The van der Waals surface area contributed by atoms with Crippen molar-refractivity contribution in [2.24, 2.45) is 0 Å². The zero-order valence-electron chi connectivity index (χ0n) is 15.6. The van der Waals surface area contributed by atoms with Gasteiger partial charge < -0.3 is 24.4 Å². The molecule has 1 fully saturated rings.